The van der Waals surface area contributed by atoms with Crippen molar-refractivity contribution in [2.45, 2.75) is 25.9 Å². The summed E-state index contributed by atoms with van der Waals surface area (Å²) in [5, 5.41) is 22.0. The van der Waals surface area contributed by atoms with Crippen molar-refractivity contribution in [2.75, 3.05) is 5.32 Å². The zero-order chi connectivity index (χ0) is 15.6. The van der Waals surface area contributed by atoms with Crippen molar-refractivity contribution in [1.82, 2.24) is 0 Å². The number of fused-ring (bicyclic) bond motifs is 1. The predicted octanol–water partition coefficient (Wildman–Crippen LogP) is 2.63. The van der Waals surface area contributed by atoms with Crippen LogP contribution >= 0.6 is 0 Å². The second-order valence-electron chi connectivity index (χ2n) is 5.09. The number of carbonyl (C=O) groups is 1. The number of hydrogen-bond acceptors (Lipinski definition) is 5. The lowest BCUT2D eigenvalue weighted by molar-refractivity contribution is -0.384. The second-order valence-corrected chi connectivity index (χ2v) is 5.09. The molecule has 0 fully saturated rings. The van der Waals surface area contributed by atoms with Crippen LogP contribution in [0.3, 0.4) is 0 Å². The maximum Gasteiger partial charge on any atom is 0.296 e. The van der Waals surface area contributed by atoms with Crippen LogP contribution in [-0.2, 0) is 4.79 Å². The van der Waals surface area contributed by atoms with Gasteiger partial charge in [-0.1, -0.05) is 6.08 Å². The Hall–Kier alpha value is -2.88. The number of benzene rings is 1. The van der Waals surface area contributed by atoms with Crippen molar-refractivity contribution in [3.63, 3.8) is 0 Å². The molecule has 0 saturated heterocycles. The third-order valence-corrected chi connectivity index (χ3v) is 2.88. The highest BCUT2D eigenvalue weighted by Crippen LogP contribution is 2.38. The van der Waals surface area contributed by atoms with Gasteiger partial charge < -0.3 is 10.1 Å². The van der Waals surface area contributed by atoms with Crippen LogP contribution < -0.4 is 10.1 Å². The number of nitro groups is 1. The van der Waals surface area contributed by atoms with Crippen molar-refractivity contribution in [1.29, 1.82) is 5.26 Å². The number of nitriles is 1. The van der Waals surface area contributed by atoms with Gasteiger partial charge in [-0.25, -0.2) is 0 Å². The molecule has 108 valence electrons. The molecule has 1 aromatic rings. The Morgan fingerprint density at radius 2 is 2.24 bits per heavy atom. The predicted molar refractivity (Wildman–Crippen MR) is 75.7 cm³/mol. The number of rotatable bonds is 3. The maximum atomic E-state index is 11.5. The van der Waals surface area contributed by atoms with Crippen LogP contribution in [-0.4, -0.2) is 16.4 Å². The lowest BCUT2D eigenvalue weighted by atomic mass is 10.0. The quantitative estimate of drug-likeness (QED) is 0.679. The molecule has 0 unspecified atom stereocenters. The van der Waals surface area contributed by atoms with Crippen LogP contribution in [0.4, 0.5) is 11.4 Å². The first-order chi connectivity index (χ1) is 9.82. The van der Waals surface area contributed by atoms with E-state index in [4.69, 9.17) is 10.00 Å². The topological polar surface area (TPSA) is 105 Å². The van der Waals surface area contributed by atoms with E-state index in [2.05, 4.69) is 5.32 Å². The minimum Gasteiger partial charge on any atom is -0.483 e. The molecule has 0 aromatic heterocycles. The Morgan fingerprint density at radius 3 is 2.86 bits per heavy atom. The first-order valence-electron chi connectivity index (χ1n) is 6.20. The number of ether oxygens (including phenoxy) is 1. The van der Waals surface area contributed by atoms with Crippen LogP contribution in [0.25, 0.3) is 6.08 Å². The Labute approximate surface area is 121 Å². The monoisotopic (exact) mass is 287 g/mol. The van der Waals surface area contributed by atoms with E-state index in [0.29, 0.717) is 11.3 Å². The molecule has 1 aliphatic rings. The minimum atomic E-state index is -0.600. The summed E-state index contributed by atoms with van der Waals surface area (Å²) in [6, 6.07) is 4.44. The molecule has 7 heteroatoms. The molecule has 0 bridgehead atoms. The van der Waals surface area contributed by atoms with Gasteiger partial charge in [-0.3, -0.25) is 14.9 Å². The second kappa shape index (κ2) is 5.25. The fourth-order valence-electron chi connectivity index (χ4n) is 1.93. The van der Waals surface area contributed by atoms with Gasteiger partial charge in [0.05, 0.1) is 17.1 Å². The highest BCUT2D eigenvalue weighted by atomic mass is 16.6. The largest absolute Gasteiger partial charge is 0.483 e. The van der Waals surface area contributed by atoms with E-state index in [1.807, 2.05) is 19.9 Å². The summed E-state index contributed by atoms with van der Waals surface area (Å²) < 4.78 is 5.66. The van der Waals surface area contributed by atoms with Gasteiger partial charge in [0.25, 0.3) is 5.69 Å². The summed E-state index contributed by atoms with van der Waals surface area (Å²) >= 11 is 0. The van der Waals surface area contributed by atoms with Crippen LogP contribution in [0.1, 0.15) is 25.8 Å². The van der Waals surface area contributed by atoms with Crippen molar-refractivity contribution in [3.05, 3.63) is 33.9 Å². The summed E-state index contributed by atoms with van der Waals surface area (Å²) in [5.74, 6) is -0.214. The Kier molecular flexibility index (Phi) is 3.63. The van der Waals surface area contributed by atoms with Crippen LogP contribution in [0.2, 0.25) is 0 Å². The average Bonchev–Trinajstić information content (AvgIpc) is 2.37. The van der Waals surface area contributed by atoms with E-state index in [1.165, 1.54) is 12.1 Å². The molecule has 2 rings (SSSR count). The first-order valence-corrected chi connectivity index (χ1v) is 6.20. The van der Waals surface area contributed by atoms with Crippen molar-refractivity contribution in [2.24, 2.45) is 0 Å². The molecule has 0 saturated carbocycles. The van der Waals surface area contributed by atoms with Gasteiger partial charge in [-0.05, 0) is 26.0 Å². The third-order valence-electron chi connectivity index (χ3n) is 2.88. The van der Waals surface area contributed by atoms with Gasteiger partial charge >= 0.3 is 0 Å². The van der Waals surface area contributed by atoms with Gasteiger partial charge in [-0.15, -0.1) is 0 Å². The Bertz CT molecular complexity index is 686. The lowest BCUT2D eigenvalue weighted by Crippen LogP contribution is -2.27. The molecule has 1 amide bonds. The van der Waals surface area contributed by atoms with E-state index < -0.39 is 16.4 Å². The number of nitrogens with one attached hydrogen (secondary N) is 1. The van der Waals surface area contributed by atoms with E-state index in [-0.39, 0.29) is 17.8 Å². The number of amides is 1. The average molecular weight is 287 g/mol. The van der Waals surface area contributed by atoms with Crippen molar-refractivity contribution in [3.8, 4) is 11.8 Å². The fraction of sp³-hybridized carbons (Fsp3) is 0.286. The van der Waals surface area contributed by atoms with Crippen LogP contribution in [0.5, 0.6) is 5.75 Å². The normalized spacial score (nSPS) is 14.5. The van der Waals surface area contributed by atoms with Gasteiger partial charge in [0, 0.05) is 5.56 Å². The maximum absolute atomic E-state index is 11.5. The van der Waals surface area contributed by atoms with Gasteiger partial charge in [0.2, 0.25) is 5.91 Å². The summed E-state index contributed by atoms with van der Waals surface area (Å²) in [5.41, 5.74) is -0.141. The molecule has 1 aliphatic heterocycles. The first kappa shape index (κ1) is 14.5. The van der Waals surface area contributed by atoms with Crippen molar-refractivity contribution >= 4 is 23.4 Å². The zero-order valence-corrected chi connectivity index (χ0v) is 11.5. The van der Waals surface area contributed by atoms with Gasteiger partial charge in [0.1, 0.15) is 23.5 Å². The summed E-state index contributed by atoms with van der Waals surface area (Å²) in [6.45, 7) is 3.67. The van der Waals surface area contributed by atoms with E-state index in [0.717, 1.165) is 0 Å². The van der Waals surface area contributed by atoms with E-state index in [9.17, 15) is 14.9 Å². The molecular formula is C14H13N3O4. The number of anilines is 1. The molecule has 1 heterocycles. The molecule has 0 atom stereocenters. The molecule has 21 heavy (non-hydrogen) atoms. The number of hydrogen-bond donors (Lipinski definition) is 1. The molecule has 1 N–H and O–H groups in total. The van der Waals surface area contributed by atoms with Crippen molar-refractivity contribution < 1.29 is 14.5 Å². The minimum absolute atomic E-state index is 0.0481. The SMILES string of the molecule is CC1(C)C=Cc2cc(NC(=O)CC#N)c([N+](=O)[O-])cc2O1. The van der Waals surface area contributed by atoms with Gasteiger partial charge in [0.15, 0.2) is 0 Å². The number of nitro benzene ring substituents is 1. The molecule has 1 aromatic carbocycles. The molecule has 0 radical (unpaired) electrons. The van der Waals surface area contributed by atoms with E-state index in [1.54, 1.807) is 12.1 Å². The molecular weight excluding hydrogens is 274 g/mol. The van der Waals surface area contributed by atoms with E-state index >= 15 is 0 Å². The number of nitrogens with zero attached hydrogens (tertiary/aromatic N) is 2. The highest BCUT2D eigenvalue weighted by molar-refractivity contribution is 5.95. The third kappa shape index (κ3) is 3.17. The highest BCUT2D eigenvalue weighted by Gasteiger charge is 2.26. The van der Waals surface area contributed by atoms with Crippen LogP contribution in [0.15, 0.2) is 18.2 Å². The van der Waals surface area contributed by atoms with Gasteiger partial charge in [-0.2, -0.15) is 5.26 Å². The van der Waals surface area contributed by atoms with Crippen LogP contribution in [0, 0.1) is 21.4 Å². The fourth-order valence-corrected chi connectivity index (χ4v) is 1.93. The summed E-state index contributed by atoms with van der Waals surface area (Å²) in [6.07, 6.45) is 3.23. The summed E-state index contributed by atoms with van der Waals surface area (Å²) in [4.78, 5) is 22.0. The number of carbonyl (C=O) groups excluding carboxylic acids is 1. The Morgan fingerprint density at radius 1 is 1.52 bits per heavy atom. The molecule has 0 aliphatic carbocycles. The standard InChI is InChI=1S/C14H13N3O4/c1-14(2)5-3-9-7-10(16-13(18)4-6-15)11(17(19)20)8-12(9)21-14/h3,5,7-8H,4H2,1-2H3,(H,16,18). The zero-order valence-electron chi connectivity index (χ0n) is 11.5. The summed E-state index contributed by atoms with van der Waals surface area (Å²) in [7, 11) is 0. The molecule has 0 spiro atoms. The lowest BCUT2D eigenvalue weighted by Gasteiger charge is -2.27. The molecule has 7 nitrogen and oxygen atoms in total. The Balaban J connectivity index is 2.44. The smallest absolute Gasteiger partial charge is 0.296 e.